The van der Waals surface area contributed by atoms with Gasteiger partial charge in [-0.05, 0) is 31.7 Å². The van der Waals surface area contributed by atoms with E-state index in [9.17, 15) is 18.0 Å². The molecule has 0 aliphatic heterocycles. The van der Waals surface area contributed by atoms with Crippen LogP contribution in [0.25, 0.3) is 0 Å². The van der Waals surface area contributed by atoms with Gasteiger partial charge < -0.3 is 4.74 Å². The van der Waals surface area contributed by atoms with Crippen molar-refractivity contribution < 1.29 is 22.7 Å². The Morgan fingerprint density at radius 1 is 1.33 bits per heavy atom. The van der Waals surface area contributed by atoms with Crippen LogP contribution in [0.4, 0.5) is 18.3 Å². The maximum atomic E-state index is 12.9. The second kappa shape index (κ2) is 8.08. The van der Waals surface area contributed by atoms with Gasteiger partial charge in [-0.15, -0.1) is 17.9 Å². The van der Waals surface area contributed by atoms with Crippen molar-refractivity contribution >= 4 is 22.4 Å². The molecule has 1 aliphatic carbocycles. The highest BCUT2D eigenvalue weighted by molar-refractivity contribution is 7.16. The van der Waals surface area contributed by atoms with E-state index in [4.69, 9.17) is 0 Å². The van der Waals surface area contributed by atoms with Crippen molar-refractivity contribution in [2.75, 3.05) is 18.1 Å². The van der Waals surface area contributed by atoms with Crippen molar-refractivity contribution in [3.63, 3.8) is 0 Å². The summed E-state index contributed by atoms with van der Waals surface area (Å²) < 4.78 is 41.2. The van der Waals surface area contributed by atoms with E-state index in [-0.39, 0.29) is 23.9 Å². The van der Waals surface area contributed by atoms with Gasteiger partial charge in [0, 0.05) is 23.7 Å². The monoisotopic (exact) mass is 397 g/mol. The molecular formula is C18H18F3N3O2S. The highest BCUT2D eigenvalue weighted by Crippen LogP contribution is 2.32. The molecule has 0 unspecified atom stereocenters. The number of nitrogens with zero attached hydrogens (tertiary/aromatic N) is 3. The fraction of sp³-hybridized carbons (Fsp3) is 0.389. The zero-order chi connectivity index (χ0) is 19.4. The third-order valence-electron chi connectivity index (χ3n) is 3.99. The minimum Gasteiger partial charge on any atom is -0.468 e. The Morgan fingerprint density at radius 3 is 2.74 bits per heavy atom. The Bertz CT molecular complexity index is 795. The first-order valence-electron chi connectivity index (χ1n) is 8.44. The molecule has 1 aliphatic rings. The third kappa shape index (κ3) is 4.85. The zero-order valence-corrected chi connectivity index (χ0v) is 15.3. The molecule has 0 atom stereocenters. The number of aromatic nitrogens is 2. The van der Waals surface area contributed by atoms with Gasteiger partial charge in [-0.2, -0.15) is 13.2 Å². The summed E-state index contributed by atoms with van der Waals surface area (Å²) in [6, 6.07) is 2.64. The molecule has 0 saturated heterocycles. The van der Waals surface area contributed by atoms with Crippen LogP contribution < -0.4 is 9.64 Å². The summed E-state index contributed by atoms with van der Waals surface area (Å²) in [7, 11) is 0. The van der Waals surface area contributed by atoms with Gasteiger partial charge in [-0.3, -0.25) is 9.69 Å². The quantitative estimate of drug-likeness (QED) is 0.686. The van der Waals surface area contributed by atoms with Gasteiger partial charge >= 0.3 is 6.18 Å². The number of hydrogen-bond acceptors (Lipinski definition) is 5. The Labute approximate surface area is 158 Å². The van der Waals surface area contributed by atoms with Crippen LogP contribution in [-0.2, 0) is 12.8 Å². The smallest absolute Gasteiger partial charge is 0.422 e. The van der Waals surface area contributed by atoms with Crippen LogP contribution in [0.3, 0.4) is 0 Å². The number of pyridine rings is 1. The lowest BCUT2D eigenvalue weighted by Crippen LogP contribution is -2.31. The first kappa shape index (κ1) is 19.3. The Hall–Kier alpha value is -2.42. The van der Waals surface area contributed by atoms with Gasteiger partial charge in [0.05, 0.1) is 11.3 Å². The van der Waals surface area contributed by atoms with Crippen molar-refractivity contribution in [3.8, 4) is 5.88 Å². The minimum atomic E-state index is -4.44. The number of carbonyl (C=O) groups excluding carboxylic acids is 1. The van der Waals surface area contributed by atoms with Crippen molar-refractivity contribution in [1.82, 2.24) is 9.97 Å². The molecule has 0 bridgehead atoms. The lowest BCUT2D eigenvalue weighted by molar-refractivity contribution is -0.154. The molecule has 144 valence electrons. The summed E-state index contributed by atoms with van der Waals surface area (Å²) in [5.74, 6) is -0.528. The van der Waals surface area contributed by atoms with E-state index in [0.29, 0.717) is 5.13 Å². The maximum Gasteiger partial charge on any atom is 0.422 e. The fourth-order valence-corrected chi connectivity index (χ4v) is 3.89. The number of halogens is 3. The molecule has 0 radical (unpaired) electrons. The molecule has 3 rings (SSSR count). The lowest BCUT2D eigenvalue weighted by Gasteiger charge is -2.18. The van der Waals surface area contributed by atoms with Gasteiger partial charge in [0.25, 0.3) is 5.91 Å². The SMILES string of the molecule is C=CCN(C(=O)c1ccc(OCC(F)(F)F)nc1)c1nc2c(s1)CCCC2. The van der Waals surface area contributed by atoms with Crippen LogP contribution in [0, 0.1) is 0 Å². The summed E-state index contributed by atoms with van der Waals surface area (Å²) >= 11 is 1.50. The second-order valence-corrected chi connectivity index (χ2v) is 7.13. The number of hydrogen-bond donors (Lipinski definition) is 0. The van der Waals surface area contributed by atoms with E-state index >= 15 is 0 Å². The molecule has 0 aromatic carbocycles. The third-order valence-corrected chi connectivity index (χ3v) is 5.17. The summed E-state index contributed by atoms with van der Waals surface area (Å²) in [5, 5.41) is 0.601. The van der Waals surface area contributed by atoms with Gasteiger partial charge in [-0.1, -0.05) is 6.08 Å². The van der Waals surface area contributed by atoms with Crippen molar-refractivity contribution in [3.05, 3.63) is 47.1 Å². The molecule has 9 heteroatoms. The predicted octanol–water partition coefficient (Wildman–Crippen LogP) is 4.19. The van der Waals surface area contributed by atoms with Crippen LogP contribution in [0.5, 0.6) is 5.88 Å². The van der Waals surface area contributed by atoms with Crippen LogP contribution in [-0.4, -0.2) is 35.2 Å². The fourth-order valence-electron chi connectivity index (χ4n) is 2.73. The molecule has 0 spiro atoms. The second-order valence-electron chi connectivity index (χ2n) is 6.07. The average Bonchev–Trinajstić information content (AvgIpc) is 3.07. The number of ether oxygens (including phenoxy) is 1. The van der Waals surface area contributed by atoms with Crippen LogP contribution in [0.1, 0.15) is 33.8 Å². The first-order valence-corrected chi connectivity index (χ1v) is 9.26. The Kier molecular flexibility index (Phi) is 5.79. The number of alkyl halides is 3. The van der Waals surface area contributed by atoms with Crippen LogP contribution >= 0.6 is 11.3 Å². The Balaban J connectivity index is 1.76. The summed E-state index contributed by atoms with van der Waals surface area (Å²) in [6.45, 7) is 2.53. The highest BCUT2D eigenvalue weighted by Gasteiger charge is 2.29. The normalized spacial score (nSPS) is 13.7. The highest BCUT2D eigenvalue weighted by atomic mass is 32.1. The zero-order valence-electron chi connectivity index (χ0n) is 14.5. The standard InChI is InChI=1S/C18H18F3N3O2S/c1-2-9-24(17-23-13-5-3-4-6-14(13)27-17)16(25)12-7-8-15(22-10-12)26-11-18(19,20)21/h2,7-8,10H,1,3-6,9,11H2. The van der Waals surface area contributed by atoms with Crippen molar-refractivity contribution in [2.24, 2.45) is 0 Å². The number of fused-ring (bicyclic) bond motifs is 1. The minimum absolute atomic E-state index is 0.191. The number of anilines is 1. The first-order chi connectivity index (χ1) is 12.9. The van der Waals surface area contributed by atoms with Gasteiger partial charge in [0.1, 0.15) is 0 Å². The predicted molar refractivity (Wildman–Crippen MR) is 96.4 cm³/mol. The molecule has 5 nitrogen and oxygen atoms in total. The number of amides is 1. The number of carbonyl (C=O) groups is 1. The van der Waals surface area contributed by atoms with E-state index in [2.05, 4.69) is 21.3 Å². The van der Waals surface area contributed by atoms with Crippen molar-refractivity contribution in [2.45, 2.75) is 31.9 Å². The molecule has 0 fully saturated rings. The number of rotatable bonds is 6. The van der Waals surface area contributed by atoms with E-state index in [1.54, 1.807) is 6.08 Å². The molecule has 0 N–H and O–H groups in total. The summed E-state index contributed by atoms with van der Waals surface area (Å²) in [4.78, 5) is 24.0. The number of thiazole rings is 1. The molecule has 1 amide bonds. The van der Waals surface area contributed by atoms with Gasteiger partial charge in [0.15, 0.2) is 11.7 Å². The maximum absolute atomic E-state index is 12.9. The summed E-state index contributed by atoms with van der Waals surface area (Å²) in [6.07, 6.45) is 2.46. The molecule has 2 aromatic heterocycles. The van der Waals surface area contributed by atoms with E-state index in [1.165, 1.54) is 39.4 Å². The summed E-state index contributed by atoms with van der Waals surface area (Å²) in [5.41, 5.74) is 1.28. The van der Waals surface area contributed by atoms with E-state index in [0.717, 1.165) is 31.4 Å². The van der Waals surface area contributed by atoms with Crippen LogP contribution in [0.15, 0.2) is 31.0 Å². The Morgan fingerprint density at radius 2 is 2.11 bits per heavy atom. The molecule has 2 heterocycles. The number of aryl methyl sites for hydroxylation is 2. The molecular weight excluding hydrogens is 379 g/mol. The molecule has 2 aromatic rings. The average molecular weight is 397 g/mol. The lowest BCUT2D eigenvalue weighted by atomic mass is 10.0. The molecule has 0 saturated carbocycles. The molecule has 27 heavy (non-hydrogen) atoms. The largest absolute Gasteiger partial charge is 0.468 e. The van der Waals surface area contributed by atoms with E-state index in [1.807, 2.05) is 0 Å². The topological polar surface area (TPSA) is 55.3 Å². The van der Waals surface area contributed by atoms with Crippen LogP contribution in [0.2, 0.25) is 0 Å². The van der Waals surface area contributed by atoms with E-state index < -0.39 is 12.8 Å². The van der Waals surface area contributed by atoms with Crippen molar-refractivity contribution in [1.29, 1.82) is 0 Å². The van der Waals surface area contributed by atoms with Gasteiger partial charge in [0.2, 0.25) is 5.88 Å². The van der Waals surface area contributed by atoms with Gasteiger partial charge in [-0.25, -0.2) is 9.97 Å².